The number of alkyl halides is 5. The molecule has 0 heterocycles. The molecule has 0 aliphatic heterocycles. The summed E-state index contributed by atoms with van der Waals surface area (Å²) in [5, 5.41) is 3.04. The van der Waals surface area contributed by atoms with Crippen LogP contribution in [0.2, 0.25) is 15.1 Å². The van der Waals surface area contributed by atoms with Crippen LogP contribution in [0.3, 0.4) is 0 Å². The van der Waals surface area contributed by atoms with Crippen LogP contribution >= 0.6 is 58.0 Å². The van der Waals surface area contributed by atoms with Crippen LogP contribution in [-0.4, -0.2) is 28.2 Å². The van der Waals surface area contributed by atoms with Gasteiger partial charge < -0.3 is 5.32 Å². The van der Waals surface area contributed by atoms with Crippen molar-refractivity contribution in [3.63, 3.8) is 0 Å². The molecule has 1 fully saturated rings. The van der Waals surface area contributed by atoms with Crippen molar-refractivity contribution < 1.29 is 27.6 Å². The van der Waals surface area contributed by atoms with Gasteiger partial charge in [-0.2, -0.15) is 13.2 Å². The molecular weight excluding hydrogens is 552 g/mol. The zero-order chi connectivity index (χ0) is 24.7. The third-order valence-electron chi connectivity index (χ3n) is 4.61. The van der Waals surface area contributed by atoms with Crippen LogP contribution in [0, 0.1) is 5.92 Å². The number of benzene rings is 2. The molecule has 2 aromatic rings. The van der Waals surface area contributed by atoms with Gasteiger partial charge >= 0.3 is 12.1 Å². The molecule has 176 valence electrons. The molecule has 1 aliphatic rings. The van der Waals surface area contributed by atoms with E-state index in [4.69, 9.17) is 58.0 Å². The van der Waals surface area contributed by atoms with Gasteiger partial charge in [-0.1, -0.05) is 34.8 Å². The van der Waals surface area contributed by atoms with Crippen molar-refractivity contribution in [2.45, 2.75) is 16.4 Å². The topological polar surface area (TPSA) is 87.3 Å². The number of carbonyl (C=O) groups is 3. The predicted octanol–water partition coefficient (Wildman–Crippen LogP) is 5.50. The third-order valence-corrected chi connectivity index (χ3v) is 6.31. The molecule has 0 aromatic heterocycles. The lowest BCUT2D eigenvalue weighted by Crippen LogP contribution is -2.47. The average molecular weight is 564 g/mol. The summed E-state index contributed by atoms with van der Waals surface area (Å²) in [7, 11) is 0. The SMILES string of the molecule is O=C(NNC(=O)C(F)(F)F)c1cc(NC(=O)C2C(c3cc(Cl)cc(Cl)c3)C2(Cl)Cl)ccc1Cl. The molecule has 0 bridgehead atoms. The zero-order valence-electron chi connectivity index (χ0n) is 15.9. The van der Waals surface area contributed by atoms with Crippen molar-refractivity contribution in [2.24, 2.45) is 5.92 Å². The molecule has 3 rings (SSSR count). The first-order valence-electron chi connectivity index (χ1n) is 8.83. The highest BCUT2D eigenvalue weighted by Gasteiger charge is 2.67. The highest BCUT2D eigenvalue weighted by Crippen LogP contribution is 2.65. The van der Waals surface area contributed by atoms with E-state index in [1.807, 2.05) is 0 Å². The summed E-state index contributed by atoms with van der Waals surface area (Å²) >= 11 is 30.5. The van der Waals surface area contributed by atoms with E-state index in [-0.39, 0.29) is 16.3 Å². The van der Waals surface area contributed by atoms with Gasteiger partial charge in [-0.25, -0.2) is 0 Å². The Kier molecular flexibility index (Phi) is 7.31. The van der Waals surface area contributed by atoms with Gasteiger partial charge in [-0.3, -0.25) is 25.2 Å². The Morgan fingerprint density at radius 2 is 1.52 bits per heavy atom. The fourth-order valence-electron chi connectivity index (χ4n) is 3.07. The largest absolute Gasteiger partial charge is 0.472 e. The number of carbonyl (C=O) groups excluding carboxylic acids is 3. The minimum Gasteiger partial charge on any atom is -0.326 e. The molecular formula is C19H11Cl5F3N3O3. The van der Waals surface area contributed by atoms with Gasteiger partial charge in [-0.05, 0) is 42.0 Å². The highest BCUT2D eigenvalue weighted by molar-refractivity contribution is 6.53. The number of hydrogen-bond acceptors (Lipinski definition) is 3. The molecule has 6 nitrogen and oxygen atoms in total. The number of amides is 3. The van der Waals surface area contributed by atoms with Crippen LogP contribution < -0.4 is 16.2 Å². The predicted molar refractivity (Wildman–Crippen MR) is 119 cm³/mol. The Labute approximate surface area is 209 Å². The second-order valence-corrected chi connectivity index (χ2v) is 9.65. The Bertz CT molecular complexity index is 1120. The fraction of sp³-hybridized carbons (Fsp3) is 0.211. The summed E-state index contributed by atoms with van der Waals surface area (Å²) < 4.78 is 35.3. The van der Waals surface area contributed by atoms with E-state index in [1.54, 1.807) is 17.6 Å². The number of hydrogen-bond donors (Lipinski definition) is 3. The molecule has 2 unspecified atom stereocenters. The summed E-state index contributed by atoms with van der Waals surface area (Å²) in [6.07, 6.45) is -5.20. The van der Waals surface area contributed by atoms with Gasteiger partial charge in [0.15, 0.2) is 0 Å². The van der Waals surface area contributed by atoms with Crippen LogP contribution in [0.4, 0.5) is 18.9 Å². The van der Waals surface area contributed by atoms with Crippen molar-refractivity contribution >= 4 is 81.4 Å². The van der Waals surface area contributed by atoms with Crippen LogP contribution in [0.15, 0.2) is 36.4 Å². The maximum atomic E-state index is 12.8. The highest BCUT2D eigenvalue weighted by atomic mass is 35.5. The minimum atomic E-state index is -5.20. The molecule has 0 saturated heterocycles. The molecule has 33 heavy (non-hydrogen) atoms. The van der Waals surface area contributed by atoms with Gasteiger partial charge in [0.2, 0.25) is 5.91 Å². The lowest BCUT2D eigenvalue weighted by atomic mass is 10.1. The molecule has 2 aromatic carbocycles. The Morgan fingerprint density at radius 1 is 0.909 bits per heavy atom. The van der Waals surface area contributed by atoms with Crippen molar-refractivity contribution in [3.05, 3.63) is 62.6 Å². The van der Waals surface area contributed by atoms with E-state index in [1.165, 1.54) is 23.6 Å². The standard InChI is InChI=1S/C19H11Cl5F3N3O3/c20-8-3-7(4-9(21)5-8)13-14(18(13,23)24)16(32)28-10-1-2-12(22)11(6-10)15(31)29-30-17(33)19(25,26)27/h1-6,13-14H,(H,28,32)(H,29,31)(H,30,33). The fourth-order valence-corrected chi connectivity index (χ4v) is 4.65. The van der Waals surface area contributed by atoms with E-state index in [0.717, 1.165) is 6.07 Å². The minimum absolute atomic E-state index is 0.0793. The quantitative estimate of drug-likeness (QED) is 0.339. The van der Waals surface area contributed by atoms with Gasteiger partial charge in [0.05, 0.1) is 16.5 Å². The van der Waals surface area contributed by atoms with Crippen LogP contribution in [0.5, 0.6) is 0 Å². The van der Waals surface area contributed by atoms with E-state index >= 15 is 0 Å². The molecule has 3 amide bonds. The first-order chi connectivity index (χ1) is 15.2. The Balaban J connectivity index is 1.73. The number of anilines is 1. The Morgan fingerprint density at radius 3 is 2.09 bits per heavy atom. The van der Waals surface area contributed by atoms with Crippen molar-refractivity contribution in [1.29, 1.82) is 0 Å². The number of nitrogens with one attached hydrogen (secondary N) is 3. The van der Waals surface area contributed by atoms with E-state index in [0.29, 0.717) is 15.6 Å². The van der Waals surface area contributed by atoms with Gasteiger partial charge in [0.1, 0.15) is 4.33 Å². The molecule has 1 saturated carbocycles. The molecule has 0 radical (unpaired) electrons. The second-order valence-electron chi connectivity index (χ2n) is 6.92. The Hall–Kier alpha value is -1.91. The summed E-state index contributed by atoms with van der Waals surface area (Å²) in [6.45, 7) is 0. The van der Waals surface area contributed by atoms with Gasteiger partial charge in [0, 0.05) is 21.7 Å². The summed E-state index contributed by atoms with van der Waals surface area (Å²) in [5.74, 6) is -5.63. The normalized spacial score (nSPS) is 18.9. The van der Waals surface area contributed by atoms with Gasteiger partial charge in [0.25, 0.3) is 5.91 Å². The van der Waals surface area contributed by atoms with Gasteiger partial charge in [-0.15, -0.1) is 23.2 Å². The summed E-state index contributed by atoms with van der Waals surface area (Å²) in [5.41, 5.74) is 3.12. The van der Waals surface area contributed by atoms with Crippen molar-refractivity contribution in [2.75, 3.05) is 5.32 Å². The number of halogens is 8. The smallest absolute Gasteiger partial charge is 0.326 e. The number of rotatable bonds is 4. The van der Waals surface area contributed by atoms with Crippen LogP contribution in [0.1, 0.15) is 21.8 Å². The van der Waals surface area contributed by atoms with E-state index in [2.05, 4.69) is 5.32 Å². The molecule has 3 N–H and O–H groups in total. The maximum Gasteiger partial charge on any atom is 0.472 e. The van der Waals surface area contributed by atoms with E-state index < -0.39 is 40.1 Å². The monoisotopic (exact) mass is 561 g/mol. The molecule has 14 heteroatoms. The third kappa shape index (κ3) is 5.78. The molecule has 2 atom stereocenters. The maximum absolute atomic E-state index is 12.8. The zero-order valence-corrected chi connectivity index (χ0v) is 19.6. The molecule has 1 aliphatic carbocycles. The summed E-state index contributed by atoms with van der Waals surface area (Å²) in [4.78, 5) is 35.7. The molecule has 0 spiro atoms. The summed E-state index contributed by atoms with van der Waals surface area (Å²) in [6, 6.07) is 8.34. The first-order valence-corrected chi connectivity index (χ1v) is 10.7. The van der Waals surface area contributed by atoms with Crippen LogP contribution in [-0.2, 0) is 9.59 Å². The van der Waals surface area contributed by atoms with Crippen molar-refractivity contribution in [1.82, 2.24) is 10.9 Å². The second kappa shape index (κ2) is 9.38. The lowest BCUT2D eigenvalue weighted by Gasteiger charge is -2.12. The van der Waals surface area contributed by atoms with Crippen LogP contribution in [0.25, 0.3) is 0 Å². The first kappa shape index (κ1) is 25.7. The number of hydrazine groups is 1. The average Bonchev–Trinajstić information content (AvgIpc) is 3.28. The van der Waals surface area contributed by atoms with Crippen molar-refractivity contribution in [3.8, 4) is 0 Å². The van der Waals surface area contributed by atoms with E-state index in [9.17, 15) is 27.6 Å². The lowest BCUT2D eigenvalue weighted by molar-refractivity contribution is -0.174.